The van der Waals surface area contributed by atoms with Crippen LogP contribution in [0.4, 0.5) is 0 Å². The van der Waals surface area contributed by atoms with Crippen LogP contribution in [0, 0.1) is 11.8 Å². The second-order valence-corrected chi connectivity index (χ2v) is 4.60. The molecule has 19 heavy (non-hydrogen) atoms. The van der Waals surface area contributed by atoms with E-state index in [0.717, 1.165) is 12.1 Å². The highest BCUT2D eigenvalue weighted by Crippen LogP contribution is 2.51. The SMILES string of the molecule is C=C(/C=C/C(=O)OC)OCCN1C(=C)C2CC2C1=O. The van der Waals surface area contributed by atoms with Gasteiger partial charge in [0.1, 0.15) is 12.4 Å². The number of hydrogen-bond donors (Lipinski definition) is 0. The van der Waals surface area contributed by atoms with Gasteiger partial charge in [-0.25, -0.2) is 4.79 Å². The fourth-order valence-electron chi connectivity index (χ4n) is 2.18. The van der Waals surface area contributed by atoms with Crippen LogP contribution in [0.5, 0.6) is 0 Å². The Bertz CT molecular complexity index is 446. The van der Waals surface area contributed by atoms with Crippen molar-refractivity contribution in [3.8, 4) is 0 Å². The van der Waals surface area contributed by atoms with E-state index in [1.807, 2.05) is 0 Å². The van der Waals surface area contributed by atoms with Crippen molar-refractivity contribution in [2.24, 2.45) is 11.8 Å². The van der Waals surface area contributed by atoms with Crippen LogP contribution >= 0.6 is 0 Å². The minimum Gasteiger partial charge on any atom is -0.492 e. The van der Waals surface area contributed by atoms with Gasteiger partial charge in [-0.05, 0) is 12.5 Å². The predicted molar refractivity (Wildman–Crippen MR) is 68.7 cm³/mol. The van der Waals surface area contributed by atoms with E-state index in [0.29, 0.717) is 24.8 Å². The molecule has 2 fully saturated rings. The number of ether oxygens (including phenoxy) is 2. The zero-order valence-electron chi connectivity index (χ0n) is 10.9. The van der Waals surface area contributed by atoms with E-state index < -0.39 is 5.97 Å². The molecule has 0 bridgehead atoms. The number of methoxy groups -OCH3 is 1. The Kier molecular flexibility index (Phi) is 3.74. The van der Waals surface area contributed by atoms with Crippen molar-refractivity contribution in [3.05, 3.63) is 36.8 Å². The van der Waals surface area contributed by atoms with Crippen LogP contribution in [0.1, 0.15) is 6.42 Å². The van der Waals surface area contributed by atoms with Gasteiger partial charge >= 0.3 is 5.97 Å². The van der Waals surface area contributed by atoms with Crippen LogP contribution in [0.25, 0.3) is 0 Å². The van der Waals surface area contributed by atoms with Crippen molar-refractivity contribution in [3.63, 3.8) is 0 Å². The van der Waals surface area contributed by atoms with Crippen molar-refractivity contribution in [2.45, 2.75) is 6.42 Å². The number of amides is 1. The van der Waals surface area contributed by atoms with Crippen LogP contribution in [-0.4, -0.2) is 37.0 Å². The normalized spacial score (nSPS) is 24.6. The maximum Gasteiger partial charge on any atom is 0.330 e. The van der Waals surface area contributed by atoms with E-state index in [2.05, 4.69) is 17.9 Å². The fraction of sp³-hybridized carbons (Fsp3) is 0.429. The van der Waals surface area contributed by atoms with Crippen molar-refractivity contribution < 1.29 is 19.1 Å². The summed E-state index contributed by atoms with van der Waals surface area (Å²) in [5, 5.41) is 0. The van der Waals surface area contributed by atoms with Crippen molar-refractivity contribution in [1.82, 2.24) is 4.90 Å². The quantitative estimate of drug-likeness (QED) is 0.313. The van der Waals surface area contributed by atoms with Crippen molar-refractivity contribution >= 4 is 11.9 Å². The molecule has 0 aromatic rings. The highest BCUT2D eigenvalue weighted by atomic mass is 16.5. The lowest BCUT2D eigenvalue weighted by atomic mass is 10.3. The smallest absolute Gasteiger partial charge is 0.330 e. The Morgan fingerprint density at radius 3 is 2.79 bits per heavy atom. The van der Waals surface area contributed by atoms with Crippen LogP contribution in [0.2, 0.25) is 0 Å². The van der Waals surface area contributed by atoms with E-state index in [4.69, 9.17) is 4.74 Å². The van der Waals surface area contributed by atoms with Crippen LogP contribution < -0.4 is 0 Å². The molecule has 2 rings (SSSR count). The van der Waals surface area contributed by atoms with Gasteiger partial charge in [-0.2, -0.15) is 0 Å². The number of esters is 1. The molecule has 1 aliphatic carbocycles. The van der Waals surface area contributed by atoms with E-state index in [1.165, 1.54) is 19.3 Å². The molecule has 102 valence electrons. The summed E-state index contributed by atoms with van der Waals surface area (Å²) in [5.74, 6) is 0.555. The Morgan fingerprint density at radius 2 is 2.21 bits per heavy atom. The lowest BCUT2D eigenvalue weighted by molar-refractivity contribution is -0.134. The molecule has 2 atom stereocenters. The Labute approximate surface area is 112 Å². The number of fused-ring (bicyclic) bond motifs is 1. The standard InChI is InChI=1S/C14H17NO4/c1-9(4-5-13(16)18-3)19-7-6-15-10(2)11-8-12(11)14(15)17/h4-5,11-12H,1-2,6-8H2,3H3/b5-4+. The third-order valence-corrected chi connectivity index (χ3v) is 3.36. The number of likely N-dealkylation sites (tertiary alicyclic amines) is 1. The summed E-state index contributed by atoms with van der Waals surface area (Å²) < 4.78 is 9.77. The number of piperidine rings is 1. The molecule has 0 spiro atoms. The van der Waals surface area contributed by atoms with E-state index >= 15 is 0 Å². The van der Waals surface area contributed by atoms with E-state index in [1.54, 1.807) is 4.90 Å². The first-order chi connectivity index (χ1) is 9.04. The lowest BCUT2D eigenvalue weighted by Crippen LogP contribution is -2.30. The number of carbonyl (C=O) groups excluding carboxylic acids is 2. The predicted octanol–water partition coefficient (Wildman–Crippen LogP) is 1.24. The second kappa shape index (κ2) is 5.30. The zero-order valence-corrected chi connectivity index (χ0v) is 10.9. The molecular weight excluding hydrogens is 246 g/mol. The van der Waals surface area contributed by atoms with Gasteiger partial charge in [0.05, 0.1) is 13.7 Å². The van der Waals surface area contributed by atoms with E-state index in [9.17, 15) is 9.59 Å². The molecule has 5 heteroatoms. The Hall–Kier alpha value is -2.04. The summed E-state index contributed by atoms with van der Waals surface area (Å²) in [6, 6.07) is 0. The number of carbonyl (C=O) groups is 2. The van der Waals surface area contributed by atoms with Crippen molar-refractivity contribution in [1.29, 1.82) is 0 Å². The number of hydrogen-bond acceptors (Lipinski definition) is 4. The highest BCUT2D eigenvalue weighted by molar-refractivity contribution is 5.88. The average molecular weight is 263 g/mol. The minimum absolute atomic E-state index is 0.148. The van der Waals surface area contributed by atoms with Gasteiger partial charge in [0.2, 0.25) is 5.91 Å². The van der Waals surface area contributed by atoms with Crippen LogP contribution in [0.3, 0.4) is 0 Å². The molecule has 0 aromatic heterocycles. The largest absolute Gasteiger partial charge is 0.492 e. The van der Waals surface area contributed by atoms with Gasteiger partial charge in [0.25, 0.3) is 0 Å². The molecule has 1 saturated heterocycles. The second-order valence-electron chi connectivity index (χ2n) is 4.60. The van der Waals surface area contributed by atoms with Gasteiger partial charge in [0, 0.05) is 23.6 Å². The monoisotopic (exact) mass is 263 g/mol. The molecule has 0 radical (unpaired) electrons. The highest BCUT2D eigenvalue weighted by Gasteiger charge is 2.54. The van der Waals surface area contributed by atoms with Gasteiger partial charge in [-0.1, -0.05) is 13.2 Å². The number of nitrogens with zero attached hydrogens (tertiary/aromatic N) is 1. The summed E-state index contributed by atoms with van der Waals surface area (Å²) in [4.78, 5) is 24.3. The van der Waals surface area contributed by atoms with Crippen LogP contribution in [0.15, 0.2) is 36.8 Å². The summed E-state index contributed by atoms with van der Waals surface area (Å²) in [5.41, 5.74) is 0.898. The lowest BCUT2D eigenvalue weighted by Gasteiger charge is -2.20. The molecule has 0 N–H and O–H groups in total. The van der Waals surface area contributed by atoms with Gasteiger partial charge in [-0.15, -0.1) is 0 Å². The van der Waals surface area contributed by atoms with Crippen molar-refractivity contribution in [2.75, 3.05) is 20.3 Å². The first-order valence-electron chi connectivity index (χ1n) is 6.12. The van der Waals surface area contributed by atoms with Gasteiger partial charge < -0.3 is 14.4 Å². The fourth-order valence-corrected chi connectivity index (χ4v) is 2.18. The van der Waals surface area contributed by atoms with Gasteiger partial charge in [0.15, 0.2) is 0 Å². The molecular formula is C14H17NO4. The Morgan fingerprint density at radius 1 is 1.47 bits per heavy atom. The summed E-state index contributed by atoms with van der Waals surface area (Å²) in [6.45, 7) is 8.37. The first kappa shape index (κ1) is 13.4. The van der Waals surface area contributed by atoms with Crippen LogP contribution in [-0.2, 0) is 19.1 Å². The molecule has 0 aromatic carbocycles. The third kappa shape index (κ3) is 2.86. The molecule has 1 heterocycles. The molecule has 1 amide bonds. The number of rotatable bonds is 6. The minimum atomic E-state index is -0.465. The summed E-state index contributed by atoms with van der Waals surface area (Å²) >= 11 is 0. The summed E-state index contributed by atoms with van der Waals surface area (Å²) in [7, 11) is 1.30. The maximum absolute atomic E-state index is 11.8. The first-order valence-corrected chi connectivity index (χ1v) is 6.12. The van der Waals surface area contributed by atoms with Gasteiger partial charge in [-0.3, -0.25) is 4.79 Å². The molecule has 5 nitrogen and oxygen atoms in total. The maximum atomic E-state index is 11.8. The zero-order chi connectivity index (χ0) is 14.0. The topological polar surface area (TPSA) is 55.8 Å². The molecule has 1 aliphatic heterocycles. The van der Waals surface area contributed by atoms with E-state index in [-0.39, 0.29) is 11.8 Å². The Balaban J connectivity index is 1.71. The average Bonchev–Trinajstić information content (AvgIpc) is 3.15. The molecule has 1 saturated carbocycles. The number of allylic oxidation sites excluding steroid dienone is 2. The summed E-state index contributed by atoms with van der Waals surface area (Å²) in [6.07, 6.45) is 3.62. The third-order valence-electron chi connectivity index (χ3n) is 3.36. The molecule has 2 unspecified atom stereocenters. The molecule has 2 aliphatic rings.